The molecule has 0 atom stereocenters. The molecule has 0 spiro atoms. The van der Waals surface area contributed by atoms with Gasteiger partial charge >= 0.3 is 0 Å². The van der Waals surface area contributed by atoms with Crippen molar-refractivity contribution in [3.05, 3.63) is 74.6 Å². The van der Waals surface area contributed by atoms with Gasteiger partial charge < -0.3 is 14.2 Å². The third-order valence-corrected chi connectivity index (χ3v) is 5.11. The Labute approximate surface area is 165 Å². The number of carbonyl (C=O) groups is 1. The molecule has 0 unspecified atom stereocenters. The van der Waals surface area contributed by atoms with Crippen LogP contribution >= 0.6 is 23.2 Å². The third kappa shape index (κ3) is 3.66. The van der Waals surface area contributed by atoms with Gasteiger partial charge in [-0.3, -0.25) is 9.59 Å². The van der Waals surface area contributed by atoms with Crippen LogP contribution in [0.2, 0.25) is 10.0 Å². The zero-order valence-electron chi connectivity index (χ0n) is 14.3. The Morgan fingerprint density at radius 1 is 0.926 bits per heavy atom. The minimum atomic E-state index is -0.283. The number of hydrogen-bond donors (Lipinski definition) is 0. The van der Waals surface area contributed by atoms with Crippen molar-refractivity contribution in [2.75, 3.05) is 31.1 Å². The summed E-state index contributed by atoms with van der Waals surface area (Å²) in [5.74, 6) is -0.235. The molecule has 1 amide bonds. The molecule has 4 rings (SSSR count). The number of rotatable bonds is 2. The topological polar surface area (TPSA) is 53.8 Å². The maximum absolute atomic E-state index is 12.8. The van der Waals surface area contributed by atoms with Gasteiger partial charge in [0, 0.05) is 48.0 Å². The van der Waals surface area contributed by atoms with Crippen molar-refractivity contribution in [1.29, 1.82) is 0 Å². The minimum Gasteiger partial charge on any atom is -0.451 e. The lowest BCUT2D eigenvalue weighted by molar-refractivity contribution is 0.0715. The summed E-state index contributed by atoms with van der Waals surface area (Å²) in [7, 11) is 0. The van der Waals surface area contributed by atoms with E-state index in [2.05, 4.69) is 4.90 Å². The molecule has 0 saturated carbocycles. The monoisotopic (exact) mass is 402 g/mol. The molecular weight excluding hydrogens is 387 g/mol. The van der Waals surface area contributed by atoms with Gasteiger partial charge in [-0.1, -0.05) is 29.3 Å². The molecule has 3 aromatic rings. The molecule has 2 heterocycles. The molecule has 1 fully saturated rings. The highest BCUT2D eigenvalue weighted by atomic mass is 35.5. The van der Waals surface area contributed by atoms with Gasteiger partial charge in [0.1, 0.15) is 5.58 Å². The highest BCUT2D eigenvalue weighted by Crippen LogP contribution is 2.22. The molecule has 0 radical (unpaired) electrons. The van der Waals surface area contributed by atoms with Crippen molar-refractivity contribution in [2.45, 2.75) is 0 Å². The zero-order valence-corrected chi connectivity index (χ0v) is 15.8. The average Bonchev–Trinajstić information content (AvgIpc) is 2.68. The number of amides is 1. The van der Waals surface area contributed by atoms with Crippen LogP contribution in [0.25, 0.3) is 11.0 Å². The summed E-state index contributed by atoms with van der Waals surface area (Å²) in [5.41, 5.74) is 1.11. The molecule has 27 heavy (non-hydrogen) atoms. The van der Waals surface area contributed by atoms with E-state index >= 15 is 0 Å². The van der Waals surface area contributed by atoms with Crippen molar-refractivity contribution < 1.29 is 9.21 Å². The molecule has 1 aliphatic heterocycles. The first-order valence-corrected chi connectivity index (χ1v) is 9.30. The van der Waals surface area contributed by atoms with Crippen molar-refractivity contribution in [1.82, 2.24) is 4.90 Å². The smallest absolute Gasteiger partial charge is 0.289 e. The number of fused-ring (bicyclic) bond motifs is 1. The average molecular weight is 403 g/mol. The predicted molar refractivity (Wildman–Crippen MR) is 107 cm³/mol. The zero-order chi connectivity index (χ0) is 19.0. The summed E-state index contributed by atoms with van der Waals surface area (Å²) >= 11 is 12.0. The van der Waals surface area contributed by atoms with E-state index in [1.807, 2.05) is 24.3 Å². The second-order valence-electron chi connectivity index (χ2n) is 6.37. The lowest BCUT2D eigenvalue weighted by atomic mass is 10.2. The van der Waals surface area contributed by atoms with Crippen LogP contribution in [0.1, 0.15) is 10.6 Å². The minimum absolute atomic E-state index is 0.0472. The fourth-order valence-corrected chi connectivity index (χ4v) is 3.59. The molecule has 0 N–H and O–H groups in total. The second-order valence-corrected chi connectivity index (χ2v) is 7.25. The van der Waals surface area contributed by atoms with E-state index in [9.17, 15) is 9.59 Å². The molecule has 2 aromatic carbocycles. The van der Waals surface area contributed by atoms with Gasteiger partial charge in [0.05, 0.1) is 5.39 Å². The Kier molecular flexibility index (Phi) is 4.81. The van der Waals surface area contributed by atoms with E-state index in [0.29, 0.717) is 47.2 Å². The van der Waals surface area contributed by atoms with Gasteiger partial charge in [-0.15, -0.1) is 0 Å². The lowest BCUT2D eigenvalue weighted by Crippen LogP contribution is -2.48. The number of halogens is 2. The predicted octanol–water partition coefficient (Wildman–Crippen LogP) is 4.06. The summed E-state index contributed by atoms with van der Waals surface area (Å²) < 4.78 is 5.66. The summed E-state index contributed by atoms with van der Waals surface area (Å²) in [5, 5.41) is 1.50. The summed E-state index contributed by atoms with van der Waals surface area (Å²) in [6.07, 6.45) is 0. The van der Waals surface area contributed by atoms with Crippen LogP contribution in [0.15, 0.2) is 57.7 Å². The number of carbonyl (C=O) groups excluding carboxylic acids is 1. The Balaban J connectivity index is 1.52. The van der Waals surface area contributed by atoms with Gasteiger partial charge in [0.25, 0.3) is 5.91 Å². The second kappa shape index (κ2) is 7.25. The fraction of sp³-hybridized carbons (Fsp3) is 0.200. The fourth-order valence-electron chi connectivity index (χ4n) is 3.23. The van der Waals surface area contributed by atoms with Crippen LogP contribution in [0.5, 0.6) is 0 Å². The Morgan fingerprint density at radius 2 is 1.67 bits per heavy atom. The number of anilines is 1. The van der Waals surface area contributed by atoms with Crippen LogP contribution in [-0.2, 0) is 0 Å². The van der Waals surface area contributed by atoms with E-state index in [0.717, 1.165) is 5.69 Å². The standard InChI is InChI=1S/C20H16Cl2N2O3/c21-13-2-1-3-15(10-13)23-6-8-24(9-7-23)20(26)19-12-17(25)16-11-14(22)4-5-18(16)27-19/h1-5,10-12H,6-9H2. The van der Waals surface area contributed by atoms with E-state index < -0.39 is 0 Å². The summed E-state index contributed by atoms with van der Waals surface area (Å²) in [6.45, 7) is 2.43. The normalized spacial score (nSPS) is 14.6. The van der Waals surface area contributed by atoms with E-state index in [1.165, 1.54) is 6.07 Å². The van der Waals surface area contributed by atoms with Crippen molar-refractivity contribution in [3.63, 3.8) is 0 Å². The molecule has 1 aromatic heterocycles. The van der Waals surface area contributed by atoms with E-state index in [4.69, 9.17) is 27.6 Å². The molecular formula is C20H16Cl2N2O3. The van der Waals surface area contributed by atoms with Crippen LogP contribution in [0, 0.1) is 0 Å². The highest BCUT2D eigenvalue weighted by molar-refractivity contribution is 6.31. The molecule has 1 aliphatic rings. The van der Waals surface area contributed by atoms with Crippen LogP contribution in [0.4, 0.5) is 5.69 Å². The van der Waals surface area contributed by atoms with Gasteiger partial charge in [0.2, 0.25) is 0 Å². The van der Waals surface area contributed by atoms with E-state index in [-0.39, 0.29) is 17.1 Å². The van der Waals surface area contributed by atoms with Gasteiger partial charge in [-0.05, 0) is 36.4 Å². The van der Waals surface area contributed by atoms with Crippen molar-refractivity contribution in [2.24, 2.45) is 0 Å². The lowest BCUT2D eigenvalue weighted by Gasteiger charge is -2.35. The Morgan fingerprint density at radius 3 is 2.41 bits per heavy atom. The van der Waals surface area contributed by atoms with Gasteiger partial charge in [0.15, 0.2) is 11.2 Å². The molecule has 0 bridgehead atoms. The number of nitrogens with zero attached hydrogens (tertiary/aromatic N) is 2. The first-order valence-electron chi connectivity index (χ1n) is 8.54. The first kappa shape index (κ1) is 17.9. The largest absolute Gasteiger partial charge is 0.451 e. The number of piperazine rings is 1. The molecule has 0 aliphatic carbocycles. The van der Waals surface area contributed by atoms with Crippen molar-refractivity contribution in [3.8, 4) is 0 Å². The van der Waals surface area contributed by atoms with Crippen LogP contribution < -0.4 is 10.3 Å². The van der Waals surface area contributed by atoms with Crippen LogP contribution in [0.3, 0.4) is 0 Å². The third-order valence-electron chi connectivity index (χ3n) is 4.64. The maximum Gasteiger partial charge on any atom is 0.289 e. The molecule has 138 valence electrons. The number of hydrogen-bond acceptors (Lipinski definition) is 4. The van der Waals surface area contributed by atoms with Crippen LogP contribution in [-0.4, -0.2) is 37.0 Å². The van der Waals surface area contributed by atoms with Crippen molar-refractivity contribution >= 4 is 45.8 Å². The van der Waals surface area contributed by atoms with E-state index in [1.54, 1.807) is 23.1 Å². The maximum atomic E-state index is 12.8. The van der Waals surface area contributed by atoms with Gasteiger partial charge in [-0.25, -0.2) is 0 Å². The van der Waals surface area contributed by atoms with Gasteiger partial charge in [-0.2, -0.15) is 0 Å². The number of benzene rings is 2. The first-order chi connectivity index (χ1) is 13.0. The Bertz CT molecular complexity index is 1070. The molecule has 5 nitrogen and oxygen atoms in total. The molecule has 7 heteroatoms. The summed E-state index contributed by atoms with van der Waals surface area (Å²) in [6, 6.07) is 13.7. The Hall–Kier alpha value is -2.50. The molecule has 1 saturated heterocycles. The summed E-state index contributed by atoms with van der Waals surface area (Å²) in [4.78, 5) is 29.0. The quantitative estimate of drug-likeness (QED) is 0.648. The SMILES string of the molecule is O=C(c1cc(=O)c2cc(Cl)ccc2o1)N1CCN(c2cccc(Cl)c2)CC1. The highest BCUT2D eigenvalue weighted by Gasteiger charge is 2.24.